The maximum atomic E-state index is 11.9. The van der Waals surface area contributed by atoms with Gasteiger partial charge in [0.25, 0.3) is 0 Å². The molecule has 1 amide bonds. The number of nitrogens with zero attached hydrogens (tertiary/aromatic N) is 1. The van der Waals surface area contributed by atoms with Gasteiger partial charge in [-0.1, -0.05) is 13.0 Å². The quantitative estimate of drug-likeness (QED) is 0.807. The lowest BCUT2D eigenvalue weighted by Gasteiger charge is -2.11. The summed E-state index contributed by atoms with van der Waals surface area (Å²) in [6.45, 7) is 4.60. The number of methoxy groups -OCH3 is 1. The van der Waals surface area contributed by atoms with Crippen molar-refractivity contribution in [2.75, 3.05) is 7.11 Å². The number of amides is 1. The van der Waals surface area contributed by atoms with Crippen LogP contribution in [-0.2, 0) is 11.3 Å². The van der Waals surface area contributed by atoms with Crippen LogP contribution in [0.1, 0.15) is 26.7 Å². The van der Waals surface area contributed by atoms with Gasteiger partial charge in [0.1, 0.15) is 11.3 Å². The average Bonchev–Trinajstić information content (AvgIpc) is 2.80. The van der Waals surface area contributed by atoms with Crippen molar-refractivity contribution in [1.82, 2.24) is 14.9 Å². The SMILES string of the molecule is CCC(C)NC(=O)CCn1c(=S)[nH]c2c(OC)cccc21. The summed E-state index contributed by atoms with van der Waals surface area (Å²) in [6.07, 6.45) is 1.33. The molecule has 114 valence electrons. The Hall–Kier alpha value is -1.82. The van der Waals surface area contributed by atoms with Crippen molar-refractivity contribution in [3.05, 3.63) is 23.0 Å². The number of aromatic amines is 1. The molecular formula is C15H21N3O2S. The molecule has 2 rings (SSSR count). The van der Waals surface area contributed by atoms with Gasteiger partial charge in [0.2, 0.25) is 5.91 Å². The summed E-state index contributed by atoms with van der Waals surface area (Å²) >= 11 is 5.34. The zero-order valence-electron chi connectivity index (χ0n) is 12.6. The molecule has 0 saturated carbocycles. The van der Waals surface area contributed by atoms with E-state index < -0.39 is 0 Å². The molecule has 21 heavy (non-hydrogen) atoms. The first kappa shape index (κ1) is 15.6. The van der Waals surface area contributed by atoms with Crippen LogP contribution in [0.3, 0.4) is 0 Å². The van der Waals surface area contributed by atoms with Gasteiger partial charge in [-0.2, -0.15) is 0 Å². The van der Waals surface area contributed by atoms with Crippen LogP contribution in [0.4, 0.5) is 0 Å². The molecule has 2 aromatic rings. The number of ether oxygens (including phenoxy) is 1. The minimum Gasteiger partial charge on any atom is -0.494 e. The van der Waals surface area contributed by atoms with E-state index in [4.69, 9.17) is 17.0 Å². The smallest absolute Gasteiger partial charge is 0.222 e. The number of hydrogen-bond acceptors (Lipinski definition) is 3. The molecule has 5 nitrogen and oxygen atoms in total. The van der Waals surface area contributed by atoms with Gasteiger partial charge >= 0.3 is 0 Å². The predicted molar refractivity (Wildman–Crippen MR) is 86.2 cm³/mol. The number of fused-ring (bicyclic) bond motifs is 1. The molecule has 0 fully saturated rings. The van der Waals surface area contributed by atoms with Crippen LogP contribution in [0, 0.1) is 4.77 Å². The average molecular weight is 307 g/mol. The van der Waals surface area contributed by atoms with Crippen LogP contribution in [0.15, 0.2) is 18.2 Å². The highest BCUT2D eigenvalue weighted by molar-refractivity contribution is 7.71. The molecule has 0 aliphatic carbocycles. The maximum Gasteiger partial charge on any atom is 0.222 e. The largest absolute Gasteiger partial charge is 0.494 e. The van der Waals surface area contributed by atoms with Gasteiger partial charge in [-0.3, -0.25) is 4.79 Å². The Morgan fingerprint density at radius 2 is 2.29 bits per heavy atom. The summed E-state index contributed by atoms with van der Waals surface area (Å²) in [7, 11) is 1.63. The number of H-pyrrole nitrogens is 1. The summed E-state index contributed by atoms with van der Waals surface area (Å²) in [5.74, 6) is 0.796. The number of benzene rings is 1. The van der Waals surface area contributed by atoms with Crippen LogP contribution >= 0.6 is 12.2 Å². The van der Waals surface area contributed by atoms with E-state index in [-0.39, 0.29) is 11.9 Å². The number of aryl methyl sites for hydroxylation is 1. The highest BCUT2D eigenvalue weighted by Crippen LogP contribution is 2.24. The van der Waals surface area contributed by atoms with Crippen LogP contribution < -0.4 is 10.1 Å². The Bertz CT molecular complexity index is 690. The van der Waals surface area contributed by atoms with E-state index in [1.807, 2.05) is 36.6 Å². The predicted octanol–water partition coefficient (Wildman–Crippen LogP) is 3.01. The Balaban J connectivity index is 2.18. The zero-order chi connectivity index (χ0) is 15.4. The Labute approximate surface area is 129 Å². The first-order valence-electron chi connectivity index (χ1n) is 7.11. The second-order valence-corrected chi connectivity index (χ2v) is 5.45. The number of rotatable bonds is 6. The molecule has 0 saturated heterocycles. The fourth-order valence-corrected chi connectivity index (χ4v) is 2.50. The molecule has 0 aliphatic heterocycles. The highest BCUT2D eigenvalue weighted by Gasteiger charge is 2.11. The third-order valence-corrected chi connectivity index (χ3v) is 3.90. The van der Waals surface area contributed by atoms with Gasteiger partial charge in [0.05, 0.1) is 12.6 Å². The van der Waals surface area contributed by atoms with E-state index in [2.05, 4.69) is 10.3 Å². The third kappa shape index (κ3) is 3.44. The van der Waals surface area contributed by atoms with Crippen molar-refractivity contribution < 1.29 is 9.53 Å². The second-order valence-electron chi connectivity index (χ2n) is 5.06. The number of aromatic nitrogens is 2. The third-order valence-electron chi connectivity index (χ3n) is 3.57. The number of carbonyl (C=O) groups excluding carboxylic acids is 1. The van der Waals surface area contributed by atoms with Gasteiger partial charge in [-0.25, -0.2) is 0 Å². The lowest BCUT2D eigenvalue weighted by Crippen LogP contribution is -2.32. The number of hydrogen-bond donors (Lipinski definition) is 2. The lowest BCUT2D eigenvalue weighted by molar-refractivity contribution is -0.121. The van der Waals surface area contributed by atoms with E-state index in [0.29, 0.717) is 17.7 Å². The van der Waals surface area contributed by atoms with Gasteiger partial charge in [-0.05, 0) is 37.7 Å². The molecule has 1 aromatic carbocycles. The van der Waals surface area contributed by atoms with E-state index in [0.717, 1.165) is 23.2 Å². The number of imidazole rings is 1. The topological polar surface area (TPSA) is 59.0 Å². The zero-order valence-corrected chi connectivity index (χ0v) is 13.4. The van der Waals surface area contributed by atoms with E-state index in [1.54, 1.807) is 7.11 Å². The number of carbonyl (C=O) groups is 1. The van der Waals surface area contributed by atoms with E-state index >= 15 is 0 Å². The van der Waals surface area contributed by atoms with Gasteiger partial charge in [-0.15, -0.1) is 0 Å². The summed E-state index contributed by atoms with van der Waals surface area (Å²) in [6, 6.07) is 5.97. The first-order chi connectivity index (χ1) is 10.1. The number of nitrogens with one attached hydrogen (secondary N) is 2. The van der Waals surface area contributed by atoms with Crippen molar-refractivity contribution >= 4 is 29.2 Å². The molecule has 0 spiro atoms. The molecule has 0 radical (unpaired) electrons. The fraction of sp³-hybridized carbons (Fsp3) is 0.467. The standard InChI is InChI=1S/C15H21N3O2S/c1-4-10(2)16-13(19)8-9-18-11-6-5-7-12(20-3)14(11)17-15(18)21/h5-7,10H,4,8-9H2,1-3H3,(H,16,19)(H,17,21). The monoisotopic (exact) mass is 307 g/mol. The first-order valence-corrected chi connectivity index (χ1v) is 7.52. The Morgan fingerprint density at radius 3 is 2.95 bits per heavy atom. The molecule has 1 heterocycles. The summed E-state index contributed by atoms with van der Waals surface area (Å²) in [5, 5.41) is 2.96. The van der Waals surface area contributed by atoms with Gasteiger partial charge in [0.15, 0.2) is 4.77 Å². The molecule has 1 atom stereocenters. The van der Waals surface area contributed by atoms with Crippen molar-refractivity contribution in [2.24, 2.45) is 0 Å². The summed E-state index contributed by atoms with van der Waals surface area (Å²) in [5.41, 5.74) is 1.82. The molecule has 0 aliphatic rings. The molecule has 0 bridgehead atoms. The van der Waals surface area contributed by atoms with Crippen molar-refractivity contribution in [3.8, 4) is 5.75 Å². The van der Waals surface area contributed by atoms with Crippen molar-refractivity contribution in [3.63, 3.8) is 0 Å². The summed E-state index contributed by atoms with van der Waals surface area (Å²) in [4.78, 5) is 15.0. The normalized spacial score (nSPS) is 12.3. The molecular weight excluding hydrogens is 286 g/mol. The van der Waals surface area contributed by atoms with Crippen LogP contribution in [-0.4, -0.2) is 28.6 Å². The van der Waals surface area contributed by atoms with Crippen LogP contribution in [0.25, 0.3) is 11.0 Å². The lowest BCUT2D eigenvalue weighted by atomic mass is 10.2. The highest BCUT2D eigenvalue weighted by atomic mass is 32.1. The summed E-state index contributed by atoms with van der Waals surface area (Å²) < 4.78 is 7.85. The number of para-hydroxylation sites is 1. The second kappa shape index (κ2) is 6.76. The minimum atomic E-state index is 0.0449. The molecule has 6 heteroatoms. The van der Waals surface area contributed by atoms with E-state index in [1.165, 1.54) is 0 Å². The molecule has 1 aromatic heterocycles. The van der Waals surface area contributed by atoms with Crippen molar-refractivity contribution in [1.29, 1.82) is 0 Å². The van der Waals surface area contributed by atoms with Gasteiger partial charge in [0, 0.05) is 19.0 Å². The molecule has 2 N–H and O–H groups in total. The van der Waals surface area contributed by atoms with Crippen LogP contribution in [0.2, 0.25) is 0 Å². The minimum absolute atomic E-state index is 0.0449. The van der Waals surface area contributed by atoms with E-state index in [9.17, 15) is 4.79 Å². The fourth-order valence-electron chi connectivity index (χ4n) is 2.21. The van der Waals surface area contributed by atoms with Gasteiger partial charge < -0.3 is 19.6 Å². The Kier molecular flexibility index (Phi) is 5.01. The van der Waals surface area contributed by atoms with Crippen LogP contribution in [0.5, 0.6) is 5.75 Å². The van der Waals surface area contributed by atoms with Crippen molar-refractivity contribution in [2.45, 2.75) is 39.3 Å². The molecule has 1 unspecified atom stereocenters. The maximum absolute atomic E-state index is 11.9. The Morgan fingerprint density at radius 1 is 1.52 bits per heavy atom.